The van der Waals surface area contributed by atoms with Gasteiger partial charge in [0, 0.05) is 11.6 Å². The molecule has 0 aromatic rings. The van der Waals surface area contributed by atoms with Crippen molar-refractivity contribution in [2.45, 2.75) is 113 Å². The van der Waals surface area contributed by atoms with Gasteiger partial charge >= 0.3 is 0 Å². The van der Waals surface area contributed by atoms with Crippen LogP contribution in [-0.4, -0.2) is 36.6 Å². The summed E-state index contributed by atoms with van der Waals surface area (Å²) in [5.74, 6) is 0.734. The molecule has 1 N–H and O–H groups in total. The summed E-state index contributed by atoms with van der Waals surface area (Å²) >= 11 is 0. The van der Waals surface area contributed by atoms with Crippen LogP contribution in [0, 0.1) is 16.7 Å². The Hall–Kier alpha value is -0.0800. The van der Waals surface area contributed by atoms with Crippen LogP contribution in [0.25, 0.3) is 0 Å². The van der Waals surface area contributed by atoms with Crippen LogP contribution in [0.2, 0.25) is 0 Å². The van der Waals surface area contributed by atoms with Crippen molar-refractivity contribution in [2.75, 3.05) is 20.1 Å². The van der Waals surface area contributed by atoms with Gasteiger partial charge in [0.2, 0.25) is 0 Å². The zero-order valence-corrected chi connectivity index (χ0v) is 19.6. The molecule has 0 rings (SSSR count). The molecule has 152 valence electrons. The maximum atomic E-state index is 3.78. The Kier molecular flexibility index (Phi) is 10.3. The van der Waals surface area contributed by atoms with E-state index in [4.69, 9.17) is 0 Å². The molecular weight excluding hydrogens is 304 g/mol. The van der Waals surface area contributed by atoms with Gasteiger partial charge in [0.15, 0.2) is 0 Å². The second-order valence-electron chi connectivity index (χ2n) is 11.4. The van der Waals surface area contributed by atoms with E-state index in [1.54, 1.807) is 0 Å². The second kappa shape index (κ2) is 10.3. The third-order valence-corrected chi connectivity index (χ3v) is 5.93. The van der Waals surface area contributed by atoms with E-state index in [9.17, 15) is 0 Å². The first-order valence-electron chi connectivity index (χ1n) is 10.6. The normalized spacial score (nSPS) is 15.2. The molecule has 0 aliphatic rings. The molecule has 0 saturated carbocycles. The minimum atomic E-state index is 0.242. The third kappa shape index (κ3) is 12.8. The van der Waals surface area contributed by atoms with Crippen molar-refractivity contribution in [3.05, 3.63) is 0 Å². The molecule has 0 fully saturated rings. The molecular formula is C23H50N2. The Labute approximate surface area is 160 Å². The molecule has 0 aliphatic heterocycles. The predicted molar refractivity (Wildman–Crippen MR) is 115 cm³/mol. The lowest BCUT2D eigenvalue weighted by molar-refractivity contribution is 0.183. The molecule has 0 aromatic heterocycles. The molecule has 0 spiro atoms. The van der Waals surface area contributed by atoms with Crippen LogP contribution in [0.3, 0.4) is 0 Å². The Morgan fingerprint density at radius 3 is 1.84 bits per heavy atom. The van der Waals surface area contributed by atoms with E-state index >= 15 is 0 Å². The summed E-state index contributed by atoms with van der Waals surface area (Å²) in [4.78, 5) is 2.53. The van der Waals surface area contributed by atoms with Gasteiger partial charge in [0.1, 0.15) is 0 Å². The quantitative estimate of drug-likeness (QED) is 0.439. The first-order chi connectivity index (χ1) is 11.2. The Morgan fingerprint density at radius 1 is 0.800 bits per heavy atom. The van der Waals surface area contributed by atoms with Crippen molar-refractivity contribution in [3.8, 4) is 0 Å². The molecule has 2 nitrogen and oxygen atoms in total. The van der Waals surface area contributed by atoms with Gasteiger partial charge in [-0.2, -0.15) is 0 Å². The highest BCUT2D eigenvalue weighted by Gasteiger charge is 2.24. The van der Waals surface area contributed by atoms with Gasteiger partial charge in [0.05, 0.1) is 0 Å². The van der Waals surface area contributed by atoms with E-state index in [0.29, 0.717) is 16.9 Å². The monoisotopic (exact) mass is 354 g/mol. The number of hydrogen-bond donors (Lipinski definition) is 1. The molecule has 1 atom stereocenters. The molecule has 0 aliphatic carbocycles. The highest BCUT2D eigenvalue weighted by molar-refractivity contribution is 4.82. The molecule has 0 saturated heterocycles. The highest BCUT2D eigenvalue weighted by atomic mass is 15.1. The highest BCUT2D eigenvalue weighted by Crippen LogP contribution is 2.31. The first-order valence-corrected chi connectivity index (χ1v) is 10.6. The van der Waals surface area contributed by atoms with Gasteiger partial charge in [-0.15, -0.1) is 0 Å². The lowest BCUT2D eigenvalue weighted by Crippen LogP contribution is -2.41. The van der Waals surface area contributed by atoms with Crippen LogP contribution in [-0.2, 0) is 0 Å². The minimum absolute atomic E-state index is 0.242. The Balaban J connectivity index is 4.17. The van der Waals surface area contributed by atoms with Crippen molar-refractivity contribution in [1.29, 1.82) is 0 Å². The summed E-state index contributed by atoms with van der Waals surface area (Å²) in [6.07, 6.45) is 6.41. The van der Waals surface area contributed by atoms with E-state index in [1.807, 2.05) is 0 Å². The van der Waals surface area contributed by atoms with Crippen LogP contribution < -0.4 is 5.32 Å². The average molecular weight is 355 g/mol. The SMILES string of the molecule is CC(C)C(C)N(C)CCCC(C)(C)CCC(C)(C)NCCC(C)(C)C. The maximum absolute atomic E-state index is 3.78. The minimum Gasteiger partial charge on any atom is -0.312 e. The van der Waals surface area contributed by atoms with Gasteiger partial charge in [-0.3, -0.25) is 0 Å². The summed E-state index contributed by atoms with van der Waals surface area (Å²) < 4.78 is 0. The number of rotatable bonds is 12. The van der Waals surface area contributed by atoms with E-state index in [-0.39, 0.29) is 5.54 Å². The van der Waals surface area contributed by atoms with Crippen molar-refractivity contribution >= 4 is 0 Å². The molecule has 0 heterocycles. The van der Waals surface area contributed by atoms with Crippen molar-refractivity contribution in [1.82, 2.24) is 10.2 Å². The topological polar surface area (TPSA) is 15.3 Å². The molecule has 1 unspecified atom stereocenters. The Morgan fingerprint density at radius 2 is 1.36 bits per heavy atom. The zero-order chi connectivity index (χ0) is 19.9. The summed E-state index contributed by atoms with van der Waals surface area (Å²) in [6, 6.07) is 0.675. The number of nitrogens with zero attached hydrogens (tertiary/aromatic N) is 1. The van der Waals surface area contributed by atoms with Crippen LogP contribution in [0.5, 0.6) is 0 Å². The van der Waals surface area contributed by atoms with E-state index in [1.165, 1.54) is 38.6 Å². The molecule has 0 amide bonds. The smallest absolute Gasteiger partial charge is 0.0125 e. The van der Waals surface area contributed by atoms with Gasteiger partial charge in [-0.05, 0) is 89.8 Å². The summed E-state index contributed by atoms with van der Waals surface area (Å²) in [7, 11) is 2.28. The fraction of sp³-hybridized carbons (Fsp3) is 1.00. The van der Waals surface area contributed by atoms with Crippen molar-refractivity contribution < 1.29 is 0 Å². The molecule has 0 aromatic carbocycles. The molecule has 0 radical (unpaired) electrons. The van der Waals surface area contributed by atoms with Crippen LogP contribution >= 0.6 is 0 Å². The predicted octanol–water partition coefficient (Wildman–Crippen LogP) is 6.35. The molecule has 0 bridgehead atoms. The zero-order valence-electron chi connectivity index (χ0n) is 19.6. The number of nitrogens with one attached hydrogen (secondary N) is 1. The van der Waals surface area contributed by atoms with Crippen LogP contribution in [0.1, 0.15) is 101 Å². The lowest BCUT2D eigenvalue weighted by Gasteiger charge is -2.34. The second-order valence-corrected chi connectivity index (χ2v) is 11.4. The Bertz CT molecular complexity index is 350. The van der Waals surface area contributed by atoms with Crippen molar-refractivity contribution in [3.63, 3.8) is 0 Å². The molecule has 25 heavy (non-hydrogen) atoms. The van der Waals surface area contributed by atoms with Crippen LogP contribution in [0.4, 0.5) is 0 Å². The van der Waals surface area contributed by atoms with E-state index < -0.39 is 0 Å². The fourth-order valence-corrected chi connectivity index (χ4v) is 3.16. The summed E-state index contributed by atoms with van der Waals surface area (Å²) in [5, 5.41) is 3.78. The first kappa shape index (κ1) is 24.9. The van der Waals surface area contributed by atoms with E-state index in [2.05, 4.69) is 86.5 Å². The summed E-state index contributed by atoms with van der Waals surface area (Å²) in [6.45, 7) is 25.9. The largest absolute Gasteiger partial charge is 0.312 e. The van der Waals surface area contributed by atoms with Gasteiger partial charge in [0.25, 0.3) is 0 Å². The lowest BCUT2D eigenvalue weighted by atomic mass is 9.79. The third-order valence-electron chi connectivity index (χ3n) is 5.93. The van der Waals surface area contributed by atoms with E-state index in [0.717, 1.165) is 12.5 Å². The van der Waals surface area contributed by atoms with Gasteiger partial charge < -0.3 is 10.2 Å². The maximum Gasteiger partial charge on any atom is 0.0125 e. The van der Waals surface area contributed by atoms with Gasteiger partial charge in [-0.1, -0.05) is 48.5 Å². The van der Waals surface area contributed by atoms with Crippen molar-refractivity contribution in [2.24, 2.45) is 16.7 Å². The van der Waals surface area contributed by atoms with Crippen LogP contribution in [0.15, 0.2) is 0 Å². The van der Waals surface area contributed by atoms with Gasteiger partial charge in [-0.25, -0.2) is 0 Å². The average Bonchev–Trinajstić information content (AvgIpc) is 2.42. The number of hydrogen-bond acceptors (Lipinski definition) is 2. The fourth-order valence-electron chi connectivity index (χ4n) is 3.16. The standard InChI is InChI=1S/C23H50N2/c1-19(2)20(3)25(11)18-12-13-22(7,8)14-15-23(9,10)24-17-16-21(4,5)6/h19-20,24H,12-18H2,1-11H3. The summed E-state index contributed by atoms with van der Waals surface area (Å²) in [5.41, 5.74) is 1.10. The molecule has 2 heteroatoms.